The number of amides is 1. The Morgan fingerprint density at radius 2 is 1.85 bits per heavy atom. The standard InChI is InChI=1S/C24H26N4O6/c1-3-4-5-8-14-27-23(30)20-13-7-6-12-19(20)21(26-27)24(31)34-16(2)22(29)25-17-10-9-11-18(15-17)28(32)33/h6-7,9-13,15-16H,3-5,8,14H2,1-2H3,(H,25,29). The molecule has 10 heteroatoms. The highest BCUT2D eigenvalue weighted by molar-refractivity contribution is 6.03. The summed E-state index contributed by atoms with van der Waals surface area (Å²) < 4.78 is 6.60. The summed E-state index contributed by atoms with van der Waals surface area (Å²) in [6, 6.07) is 12.0. The van der Waals surface area contributed by atoms with E-state index in [1.807, 2.05) is 0 Å². The van der Waals surface area contributed by atoms with Crippen LogP contribution in [0.1, 0.15) is 50.0 Å². The molecule has 1 unspecified atom stereocenters. The highest BCUT2D eigenvalue weighted by Gasteiger charge is 2.23. The fraction of sp³-hybridized carbons (Fsp3) is 0.333. The first kappa shape index (κ1) is 24.6. The quantitative estimate of drug-likeness (QED) is 0.206. The van der Waals surface area contributed by atoms with E-state index < -0.39 is 22.9 Å². The number of fused-ring (bicyclic) bond motifs is 1. The Bertz CT molecular complexity index is 1270. The Labute approximate surface area is 195 Å². The number of hydrogen-bond donors (Lipinski definition) is 1. The van der Waals surface area contributed by atoms with Crippen LogP contribution in [0.15, 0.2) is 53.3 Å². The van der Waals surface area contributed by atoms with E-state index in [4.69, 9.17) is 4.74 Å². The lowest BCUT2D eigenvalue weighted by atomic mass is 10.1. The molecule has 178 valence electrons. The largest absolute Gasteiger partial charge is 0.448 e. The van der Waals surface area contributed by atoms with Crippen LogP contribution in [0.25, 0.3) is 10.8 Å². The molecule has 0 aliphatic carbocycles. The summed E-state index contributed by atoms with van der Waals surface area (Å²) in [5.74, 6) is -1.51. The molecule has 0 fully saturated rings. The minimum Gasteiger partial charge on any atom is -0.448 e. The van der Waals surface area contributed by atoms with Gasteiger partial charge in [0.15, 0.2) is 11.8 Å². The zero-order valence-electron chi connectivity index (χ0n) is 19.0. The van der Waals surface area contributed by atoms with Gasteiger partial charge in [0.25, 0.3) is 17.2 Å². The second kappa shape index (κ2) is 11.2. The SMILES string of the molecule is CCCCCCn1nc(C(=O)OC(C)C(=O)Nc2cccc([N+](=O)[O-])c2)c2ccccc2c1=O. The number of carbonyl (C=O) groups excluding carboxylic acids is 2. The fourth-order valence-electron chi connectivity index (χ4n) is 3.44. The number of ether oxygens (including phenoxy) is 1. The number of aryl methyl sites for hydroxylation is 1. The van der Waals surface area contributed by atoms with Gasteiger partial charge in [-0.3, -0.25) is 19.7 Å². The number of non-ortho nitro benzene ring substituents is 1. The number of benzene rings is 2. The summed E-state index contributed by atoms with van der Waals surface area (Å²) in [5, 5.41) is 18.4. The van der Waals surface area contributed by atoms with E-state index >= 15 is 0 Å². The van der Waals surface area contributed by atoms with Gasteiger partial charge in [-0.15, -0.1) is 0 Å². The Morgan fingerprint density at radius 3 is 2.56 bits per heavy atom. The van der Waals surface area contributed by atoms with Gasteiger partial charge >= 0.3 is 5.97 Å². The summed E-state index contributed by atoms with van der Waals surface area (Å²) >= 11 is 0. The van der Waals surface area contributed by atoms with Crippen LogP contribution in [0.2, 0.25) is 0 Å². The highest BCUT2D eigenvalue weighted by Crippen LogP contribution is 2.18. The van der Waals surface area contributed by atoms with E-state index in [0.29, 0.717) is 17.3 Å². The van der Waals surface area contributed by atoms with Crippen molar-refractivity contribution in [1.29, 1.82) is 0 Å². The van der Waals surface area contributed by atoms with Crippen molar-refractivity contribution >= 4 is 34.0 Å². The number of nitrogens with one attached hydrogen (secondary N) is 1. The minimum atomic E-state index is -1.21. The van der Waals surface area contributed by atoms with Gasteiger partial charge in [-0.1, -0.05) is 50.5 Å². The molecule has 0 saturated carbocycles. The van der Waals surface area contributed by atoms with Gasteiger partial charge in [0, 0.05) is 29.8 Å². The Hall–Kier alpha value is -4.08. The maximum Gasteiger partial charge on any atom is 0.360 e. The van der Waals surface area contributed by atoms with Gasteiger partial charge in [-0.05, 0) is 25.5 Å². The molecule has 0 aliphatic heterocycles. The molecule has 3 rings (SSSR count). The molecule has 3 aromatic rings. The van der Waals surface area contributed by atoms with Crippen molar-refractivity contribution in [3.8, 4) is 0 Å². The van der Waals surface area contributed by atoms with E-state index in [1.54, 1.807) is 24.3 Å². The third-order valence-electron chi connectivity index (χ3n) is 5.26. The van der Waals surface area contributed by atoms with Crippen molar-refractivity contribution in [1.82, 2.24) is 9.78 Å². The monoisotopic (exact) mass is 466 g/mol. The molecule has 1 N–H and O–H groups in total. The Kier molecular flexibility index (Phi) is 8.07. The van der Waals surface area contributed by atoms with Gasteiger partial charge in [-0.2, -0.15) is 5.10 Å². The van der Waals surface area contributed by atoms with Crippen molar-refractivity contribution in [2.45, 2.75) is 52.2 Å². The third-order valence-corrected chi connectivity index (χ3v) is 5.26. The first-order valence-corrected chi connectivity index (χ1v) is 11.1. The zero-order chi connectivity index (χ0) is 24.7. The predicted octanol–water partition coefficient (Wildman–Crippen LogP) is 4.07. The summed E-state index contributed by atoms with van der Waals surface area (Å²) in [6.07, 6.45) is 2.56. The van der Waals surface area contributed by atoms with Crippen molar-refractivity contribution in [3.63, 3.8) is 0 Å². The minimum absolute atomic E-state index is 0.0549. The number of esters is 1. The zero-order valence-corrected chi connectivity index (χ0v) is 19.0. The van der Waals surface area contributed by atoms with Crippen molar-refractivity contribution in [2.24, 2.45) is 0 Å². The summed E-state index contributed by atoms with van der Waals surface area (Å²) in [7, 11) is 0. The molecular weight excluding hydrogens is 440 g/mol. The van der Waals surface area contributed by atoms with Crippen LogP contribution in [0.4, 0.5) is 11.4 Å². The molecule has 34 heavy (non-hydrogen) atoms. The first-order valence-electron chi connectivity index (χ1n) is 11.1. The average Bonchev–Trinajstić information content (AvgIpc) is 2.83. The lowest BCUT2D eigenvalue weighted by Crippen LogP contribution is -2.32. The van der Waals surface area contributed by atoms with Gasteiger partial charge in [0.1, 0.15) is 0 Å². The molecule has 1 atom stereocenters. The molecule has 0 bridgehead atoms. The number of rotatable bonds is 10. The number of anilines is 1. The van der Waals surface area contributed by atoms with Crippen LogP contribution >= 0.6 is 0 Å². The molecule has 0 radical (unpaired) electrons. The molecule has 1 amide bonds. The van der Waals surface area contributed by atoms with Crippen molar-refractivity contribution in [3.05, 3.63) is 74.7 Å². The van der Waals surface area contributed by atoms with Crippen molar-refractivity contribution < 1.29 is 19.2 Å². The van der Waals surface area contributed by atoms with E-state index in [2.05, 4.69) is 17.3 Å². The average molecular weight is 466 g/mol. The Balaban J connectivity index is 1.79. The summed E-state index contributed by atoms with van der Waals surface area (Å²) in [6.45, 7) is 3.84. The number of carbonyl (C=O) groups is 2. The molecule has 1 aromatic heterocycles. The molecule has 0 spiro atoms. The van der Waals surface area contributed by atoms with E-state index in [1.165, 1.54) is 35.9 Å². The summed E-state index contributed by atoms with van der Waals surface area (Å²) in [4.78, 5) is 48.6. The lowest BCUT2D eigenvalue weighted by molar-refractivity contribution is -0.384. The number of aromatic nitrogens is 2. The second-order valence-corrected chi connectivity index (χ2v) is 7.83. The maximum absolute atomic E-state index is 12.9. The van der Waals surface area contributed by atoms with Gasteiger partial charge < -0.3 is 10.1 Å². The topological polar surface area (TPSA) is 133 Å². The van der Waals surface area contributed by atoms with Crippen LogP contribution in [0, 0.1) is 10.1 Å². The molecule has 2 aromatic carbocycles. The maximum atomic E-state index is 12.9. The van der Waals surface area contributed by atoms with E-state index in [-0.39, 0.29) is 22.6 Å². The molecule has 1 heterocycles. The lowest BCUT2D eigenvalue weighted by Gasteiger charge is -2.15. The molecule has 10 nitrogen and oxygen atoms in total. The number of nitrogens with zero attached hydrogens (tertiary/aromatic N) is 3. The van der Waals surface area contributed by atoms with Gasteiger partial charge in [0.2, 0.25) is 0 Å². The second-order valence-electron chi connectivity index (χ2n) is 7.83. The molecule has 0 saturated heterocycles. The van der Waals surface area contributed by atoms with Gasteiger partial charge in [0.05, 0.1) is 10.3 Å². The van der Waals surface area contributed by atoms with Crippen LogP contribution in [-0.4, -0.2) is 32.7 Å². The normalized spacial score (nSPS) is 11.7. The molecular formula is C24H26N4O6. The van der Waals surface area contributed by atoms with Crippen LogP contribution in [0.5, 0.6) is 0 Å². The third kappa shape index (κ3) is 5.83. The smallest absolute Gasteiger partial charge is 0.360 e. The Morgan fingerprint density at radius 1 is 1.12 bits per heavy atom. The van der Waals surface area contributed by atoms with Crippen LogP contribution in [0.3, 0.4) is 0 Å². The van der Waals surface area contributed by atoms with Gasteiger partial charge in [-0.25, -0.2) is 9.48 Å². The van der Waals surface area contributed by atoms with E-state index in [9.17, 15) is 24.5 Å². The molecule has 0 aliphatic rings. The van der Waals surface area contributed by atoms with Crippen LogP contribution in [-0.2, 0) is 16.1 Å². The predicted molar refractivity (Wildman–Crippen MR) is 127 cm³/mol. The van der Waals surface area contributed by atoms with Crippen LogP contribution < -0.4 is 10.9 Å². The summed E-state index contributed by atoms with van der Waals surface area (Å²) in [5.41, 5.74) is -0.327. The van der Waals surface area contributed by atoms with Crippen molar-refractivity contribution in [2.75, 3.05) is 5.32 Å². The fourth-order valence-corrected chi connectivity index (χ4v) is 3.44. The number of nitro groups is 1. The number of hydrogen-bond acceptors (Lipinski definition) is 7. The van der Waals surface area contributed by atoms with E-state index in [0.717, 1.165) is 25.7 Å². The highest BCUT2D eigenvalue weighted by atomic mass is 16.6. The first-order chi connectivity index (χ1) is 16.3. The number of unbranched alkanes of at least 4 members (excludes halogenated alkanes) is 3. The number of nitro benzene ring substituents is 1.